The van der Waals surface area contributed by atoms with E-state index >= 15 is 0 Å². The van der Waals surface area contributed by atoms with Gasteiger partial charge in [0.05, 0.1) is 12.6 Å². The van der Waals surface area contributed by atoms with E-state index in [4.69, 9.17) is 4.74 Å². The minimum absolute atomic E-state index is 0.0304. The van der Waals surface area contributed by atoms with Crippen LogP contribution in [0.4, 0.5) is 0 Å². The van der Waals surface area contributed by atoms with Gasteiger partial charge in [-0.15, -0.1) is 0 Å². The summed E-state index contributed by atoms with van der Waals surface area (Å²) in [6.45, 7) is 5.46. The number of ether oxygens (including phenoxy) is 1. The van der Waals surface area contributed by atoms with Crippen LogP contribution in [0, 0.1) is 5.92 Å². The second-order valence-electron chi connectivity index (χ2n) is 5.53. The van der Waals surface area contributed by atoms with E-state index in [0.717, 1.165) is 19.3 Å². The van der Waals surface area contributed by atoms with Crippen molar-refractivity contribution in [2.24, 2.45) is 5.92 Å². The van der Waals surface area contributed by atoms with Crippen molar-refractivity contribution in [2.75, 3.05) is 6.61 Å². The molecule has 0 spiro atoms. The Morgan fingerprint density at radius 2 is 2.14 bits per heavy atom. The number of Topliss-reactive ketones (excluding diaryl/α,β-unsaturated/α-hetero) is 1. The average Bonchev–Trinajstić information content (AvgIpc) is 2.71. The van der Waals surface area contributed by atoms with Gasteiger partial charge < -0.3 is 4.74 Å². The lowest BCUT2D eigenvalue weighted by Crippen LogP contribution is -2.46. The molecule has 1 N–H and O–H groups in total. The number of hydrogen-bond donors (Lipinski definition) is 1. The zero-order chi connectivity index (χ0) is 15.7. The van der Waals surface area contributed by atoms with Crippen molar-refractivity contribution in [1.29, 1.82) is 0 Å². The predicted octanol–water partition coefficient (Wildman–Crippen LogP) is 2.79. The molecule has 3 atom stereocenters. The molecule has 1 aliphatic carbocycles. The predicted molar refractivity (Wildman–Crippen MR) is 83.9 cm³/mol. The Kier molecular flexibility index (Phi) is 7.98. The van der Waals surface area contributed by atoms with E-state index in [0.29, 0.717) is 18.9 Å². The highest BCUT2D eigenvalue weighted by Gasteiger charge is 2.24. The number of carbonyl (C=O) groups is 2. The van der Waals surface area contributed by atoms with Crippen molar-refractivity contribution in [3.63, 3.8) is 0 Å². The monoisotopic (exact) mass is 293 g/mol. The highest BCUT2D eigenvalue weighted by atomic mass is 16.5. The van der Waals surface area contributed by atoms with Crippen LogP contribution in [0.25, 0.3) is 0 Å². The summed E-state index contributed by atoms with van der Waals surface area (Å²) in [5.74, 6) is 0.246. The van der Waals surface area contributed by atoms with Crippen LogP contribution >= 0.6 is 0 Å². The van der Waals surface area contributed by atoms with E-state index in [1.54, 1.807) is 13.8 Å². The summed E-state index contributed by atoms with van der Waals surface area (Å²) in [6, 6.07) is -0.737. The standard InChI is InChI=1S/C17H27NO3/c1-4-21-17(20)16(18-13(2)14(3)19)12-11-15-9-7-5-6-8-10-15/h5-7,9,13,15-16,18H,4,8,10-12H2,1-3H3. The van der Waals surface area contributed by atoms with Gasteiger partial charge in [-0.1, -0.05) is 24.3 Å². The molecule has 4 heteroatoms. The first-order chi connectivity index (χ1) is 10.0. The molecule has 0 amide bonds. The summed E-state index contributed by atoms with van der Waals surface area (Å²) in [7, 11) is 0. The average molecular weight is 293 g/mol. The molecule has 0 aliphatic heterocycles. The van der Waals surface area contributed by atoms with Gasteiger partial charge >= 0.3 is 5.97 Å². The van der Waals surface area contributed by atoms with Gasteiger partial charge in [0.1, 0.15) is 11.8 Å². The number of carbonyl (C=O) groups excluding carboxylic acids is 2. The van der Waals surface area contributed by atoms with Crippen LogP contribution in [0.1, 0.15) is 46.5 Å². The van der Waals surface area contributed by atoms with Gasteiger partial charge in [0.15, 0.2) is 0 Å². The fourth-order valence-corrected chi connectivity index (χ4v) is 2.36. The number of allylic oxidation sites excluding steroid dienone is 4. The van der Waals surface area contributed by atoms with Crippen molar-refractivity contribution in [1.82, 2.24) is 5.32 Å². The van der Waals surface area contributed by atoms with Crippen LogP contribution in [0.2, 0.25) is 0 Å². The van der Waals surface area contributed by atoms with Gasteiger partial charge in [-0.3, -0.25) is 14.9 Å². The van der Waals surface area contributed by atoms with E-state index in [2.05, 4.69) is 29.6 Å². The lowest BCUT2D eigenvalue weighted by atomic mass is 9.95. The third-order valence-electron chi connectivity index (χ3n) is 3.79. The smallest absolute Gasteiger partial charge is 0.323 e. The highest BCUT2D eigenvalue weighted by molar-refractivity contribution is 5.82. The number of hydrogen-bond acceptors (Lipinski definition) is 4. The molecule has 0 saturated carbocycles. The lowest BCUT2D eigenvalue weighted by Gasteiger charge is -2.22. The first-order valence-electron chi connectivity index (χ1n) is 7.81. The molecule has 0 heterocycles. The van der Waals surface area contributed by atoms with Gasteiger partial charge in [0.25, 0.3) is 0 Å². The van der Waals surface area contributed by atoms with E-state index in [9.17, 15) is 9.59 Å². The molecule has 0 aromatic rings. The fraction of sp³-hybridized carbons (Fsp3) is 0.647. The Balaban J connectivity index is 2.55. The molecule has 0 bridgehead atoms. The number of ketones is 1. The van der Waals surface area contributed by atoms with Gasteiger partial charge in [-0.25, -0.2) is 0 Å². The van der Waals surface area contributed by atoms with Gasteiger partial charge in [0.2, 0.25) is 0 Å². The quantitative estimate of drug-likeness (QED) is 0.699. The van der Waals surface area contributed by atoms with Crippen molar-refractivity contribution in [3.05, 3.63) is 24.3 Å². The summed E-state index contributed by atoms with van der Waals surface area (Å²) in [6.07, 6.45) is 12.3. The van der Waals surface area contributed by atoms with E-state index < -0.39 is 6.04 Å². The number of esters is 1. The topological polar surface area (TPSA) is 55.4 Å². The zero-order valence-electron chi connectivity index (χ0n) is 13.3. The summed E-state index contributed by atoms with van der Waals surface area (Å²) in [5, 5.41) is 3.09. The van der Waals surface area contributed by atoms with E-state index in [1.807, 2.05) is 0 Å². The maximum absolute atomic E-state index is 12.0. The Hall–Kier alpha value is -1.42. The van der Waals surface area contributed by atoms with Crippen molar-refractivity contribution >= 4 is 11.8 Å². The van der Waals surface area contributed by atoms with Gasteiger partial charge in [-0.05, 0) is 52.4 Å². The van der Waals surface area contributed by atoms with E-state index in [-0.39, 0.29) is 17.8 Å². The number of nitrogens with one attached hydrogen (secondary N) is 1. The van der Waals surface area contributed by atoms with Crippen LogP contribution in [-0.2, 0) is 14.3 Å². The molecule has 0 aromatic heterocycles. The molecule has 1 rings (SSSR count). The molecular formula is C17H27NO3. The summed E-state index contributed by atoms with van der Waals surface area (Å²) >= 11 is 0. The normalized spacial score (nSPS) is 20.6. The molecule has 118 valence electrons. The van der Waals surface area contributed by atoms with Crippen LogP contribution in [0.15, 0.2) is 24.3 Å². The molecular weight excluding hydrogens is 266 g/mol. The minimum Gasteiger partial charge on any atom is -0.465 e. The van der Waals surface area contributed by atoms with E-state index in [1.165, 1.54) is 6.92 Å². The first kappa shape index (κ1) is 17.6. The van der Waals surface area contributed by atoms with Crippen molar-refractivity contribution in [3.8, 4) is 0 Å². The van der Waals surface area contributed by atoms with Crippen molar-refractivity contribution in [2.45, 2.75) is 58.5 Å². The number of rotatable bonds is 8. The molecule has 0 radical (unpaired) electrons. The SMILES string of the molecule is CCOC(=O)C(CCC1C=CC=CCC1)NC(C)C(C)=O. The summed E-state index contributed by atoms with van der Waals surface area (Å²) < 4.78 is 5.11. The maximum atomic E-state index is 12.0. The second kappa shape index (κ2) is 9.50. The Morgan fingerprint density at radius 3 is 2.81 bits per heavy atom. The lowest BCUT2D eigenvalue weighted by molar-refractivity contribution is -0.146. The third kappa shape index (κ3) is 6.71. The first-order valence-corrected chi connectivity index (χ1v) is 7.81. The minimum atomic E-state index is -0.409. The Labute approximate surface area is 127 Å². The fourth-order valence-electron chi connectivity index (χ4n) is 2.36. The summed E-state index contributed by atoms with van der Waals surface area (Å²) in [4.78, 5) is 23.4. The van der Waals surface area contributed by atoms with Crippen LogP contribution in [0.3, 0.4) is 0 Å². The molecule has 21 heavy (non-hydrogen) atoms. The molecule has 3 unspecified atom stereocenters. The largest absolute Gasteiger partial charge is 0.465 e. The van der Waals surface area contributed by atoms with Crippen molar-refractivity contribution < 1.29 is 14.3 Å². The van der Waals surface area contributed by atoms with Crippen LogP contribution < -0.4 is 5.32 Å². The molecule has 0 fully saturated rings. The molecule has 0 aromatic carbocycles. The van der Waals surface area contributed by atoms with Crippen LogP contribution in [0.5, 0.6) is 0 Å². The molecule has 1 aliphatic rings. The Bertz CT molecular complexity index is 401. The van der Waals surface area contributed by atoms with Gasteiger partial charge in [0, 0.05) is 0 Å². The van der Waals surface area contributed by atoms with Gasteiger partial charge in [-0.2, -0.15) is 0 Å². The second-order valence-corrected chi connectivity index (χ2v) is 5.53. The molecule has 0 saturated heterocycles. The Morgan fingerprint density at radius 1 is 1.38 bits per heavy atom. The third-order valence-corrected chi connectivity index (χ3v) is 3.79. The molecule has 4 nitrogen and oxygen atoms in total. The highest BCUT2D eigenvalue weighted by Crippen LogP contribution is 2.19. The maximum Gasteiger partial charge on any atom is 0.323 e. The van der Waals surface area contributed by atoms with Crippen LogP contribution in [-0.4, -0.2) is 30.4 Å². The summed E-state index contributed by atoms with van der Waals surface area (Å²) in [5.41, 5.74) is 0. The zero-order valence-corrected chi connectivity index (χ0v) is 13.3.